The Kier molecular flexibility index (Phi) is 6.98. The smallest absolute Gasteiger partial charge is 0.300 e. The van der Waals surface area contributed by atoms with Gasteiger partial charge in [0.05, 0.1) is 6.10 Å². The predicted molar refractivity (Wildman–Crippen MR) is 74.7 cm³/mol. The molecule has 0 bridgehead atoms. The van der Waals surface area contributed by atoms with Crippen molar-refractivity contribution in [2.45, 2.75) is 40.7 Å². The van der Waals surface area contributed by atoms with Crippen LogP contribution in [0.1, 0.15) is 36.1 Å². The summed E-state index contributed by atoms with van der Waals surface area (Å²) in [6.45, 7) is 9.14. The van der Waals surface area contributed by atoms with E-state index in [2.05, 4.69) is 32.9 Å². The Bertz CT molecular complexity index is 404. The Morgan fingerprint density at radius 1 is 1.22 bits per heavy atom. The van der Waals surface area contributed by atoms with Crippen molar-refractivity contribution in [1.82, 2.24) is 0 Å². The average Bonchev–Trinajstić information content (AvgIpc) is 2.13. The van der Waals surface area contributed by atoms with E-state index in [1.807, 2.05) is 12.2 Å². The number of benzene rings is 1. The number of rotatable bonds is 2. The van der Waals surface area contributed by atoms with Crippen LogP contribution in [0.15, 0.2) is 18.2 Å². The lowest BCUT2D eigenvalue weighted by Crippen LogP contribution is -1.93. The molecule has 0 aliphatic rings. The second-order valence-electron chi connectivity index (χ2n) is 4.43. The number of aliphatic hydroxyl groups excluding tert-OH is 1. The first-order valence-corrected chi connectivity index (χ1v) is 5.87. The normalized spacial score (nSPS) is 11.9. The maximum Gasteiger partial charge on any atom is 0.300 e. The molecule has 0 spiro atoms. The van der Waals surface area contributed by atoms with Gasteiger partial charge in [-0.15, -0.1) is 0 Å². The van der Waals surface area contributed by atoms with Crippen molar-refractivity contribution in [2.24, 2.45) is 0 Å². The molecule has 1 aromatic carbocycles. The van der Waals surface area contributed by atoms with E-state index < -0.39 is 5.97 Å². The minimum atomic E-state index is -0.833. The van der Waals surface area contributed by atoms with Crippen LogP contribution in [0.4, 0.5) is 0 Å². The van der Waals surface area contributed by atoms with E-state index in [4.69, 9.17) is 15.0 Å². The number of aliphatic hydroxyl groups is 1. The van der Waals surface area contributed by atoms with Gasteiger partial charge in [-0.05, 0) is 44.4 Å². The Hall–Kier alpha value is -1.61. The summed E-state index contributed by atoms with van der Waals surface area (Å²) in [4.78, 5) is 9.00. The summed E-state index contributed by atoms with van der Waals surface area (Å²) in [6, 6.07) is 4.32. The zero-order valence-electron chi connectivity index (χ0n) is 11.7. The SMILES string of the molecule is CC(=O)O.Cc1cc(C)c(C=CC(C)O)c(C)c1. The molecule has 1 aromatic rings. The number of hydrogen-bond donors (Lipinski definition) is 2. The molecule has 0 aliphatic carbocycles. The lowest BCUT2D eigenvalue weighted by atomic mass is 9.99. The van der Waals surface area contributed by atoms with E-state index in [1.165, 1.54) is 22.3 Å². The summed E-state index contributed by atoms with van der Waals surface area (Å²) in [5.41, 5.74) is 5.03. The van der Waals surface area contributed by atoms with E-state index in [0.717, 1.165) is 6.92 Å². The molecule has 0 aliphatic heterocycles. The van der Waals surface area contributed by atoms with Gasteiger partial charge in [-0.2, -0.15) is 0 Å². The van der Waals surface area contributed by atoms with Crippen molar-refractivity contribution in [1.29, 1.82) is 0 Å². The van der Waals surface area contributed by atoms with Crippen molar-refractivity contribution >= 4 is 12.0 Å². The Balaban J connectivity index is 0.000000631. The summed E-state index contributed by atoms with van der Waals surface area (Å²) in [5, 5.41) is 16.6. The van der Waals surface area contributed by atoms with Gasteiger partial charge in [0.1, 0.15) is 0 Å². The molecular formula is C15H22O3. The number of hydrogen-bond acceptors (Lipinski definition) is 2. The predicted octanol–water partition coefficient (Wildman–Crippen LogP) is 3.10. The van der Waals surface area contributed by atoms with Gasteiger partial charge >= 0.3 is 0 Å². The van der Waals surface area contributed by atoms with Crippen LogP contribution >= 0.6 is 0 Å². The summed E-state index contributed by atoms with van der Waals surface area (Å²) in [6.07, 6.45) is 3.43. The van der Waals surface area contributed by atoms with E-state index in [1.54, 1.807) is 6.92 Å². The first kappa shape index (κ1) is 16.4. The largest absolute Gasteiger partial charge is 0.481 e. The molecule has 0 aromatic heterocycles. The molecule has 1 unspecified atom stereocenters. The van der Waals surface area contributed by atoms with Crippen LogP contribution in [-0.2, 0) is 4.79 Å². The quantitative estimate of drug-likeness (QED) is 0.848. The fourth-order valence-electron chi connectivity index (χ4n) is 1.69. The van der Waals surface area contributed by atoms with Crippen LogP contribution in [-0.4, -0.2) is 22.3 Å². The lowest BCUT2D eigenvalue weighted by molar-refractivity contribution is -0.134. The molecule has 3 nitrogen and oxygen atoms in total. The van der Waals surface area contributed by atoms with Crippen LogP contribution in [0.25, 0.3) is 6.08 Å². The van der Waals surface area contributed by atoms with Gasteiger partial charge in [0, 0.05) is 6.92 Å². The lowest BCUT2D eigenvalue weighted by Gasteiger charge is -2.07. The standard InChI is InChI=1S/C13H18O.C2H4O2/c1-9-7-10(2)13(11(3)8-9)6-5-12(4)14;1-2(3)4/h5-8,12,14H,1-4H3;1H3,(H,3,4). The van der Waals surface area contributed by atoms with Gasteiger partial charge in [0.2, 0.25) is 0 Å². The molecular weight excluding hydrogens is 228 g/mol. The van der Waals surface area contributed by atoms with Gasteiger partial charge in [0.15, 0.2) is 0 Å². The molecule has 100 valence electrons. The molecule has 0 saturated carbocycles. The molecule has 0 radical (unpaired) electrons. The Labute approximate surface area is 109 Å². The zero-order chi connectivity index (χ0) is 14.3. The van der Waals surface area contributed by atoms with Gasteiger partial charge < -0.3 is 10.2 Å². The van der Waals surface area contributed by atoms with Crippen molar-refractivity contribution in [3.8, 4) is 0 Å². The minimum absolute atomic E-state index is 0.380. The van der Waals surface area contributed by atoms with Crippen molar-refractivity contribution in [3.63, 3.8) is 0 Å². The first-order chi connectivity index (χ1) is 8.23. The van der Waals surface area contributed by atoms with Crippen LogP contribution in [0.3, 0.4) is 0 Å². The summed E-state index contributed by atoms with van der Waals surface area (Å²) >= 11 is 0. The fraction of sp³-hybridized carbons (Fsp3) is 0.400. The molecule has 0 heterocycles. The van der Waals surface area contributed by atoms with E-state index >= 15 is 0 Å². The van der Waals surface area contributed by atoms with Crippen molar-refractivity contribution < 1.29 is 15.0 Å². The van der Waals surface area contributed by atoms with Gasteiger partial charge in [-0.25, -0.2) is 0 Å². The third-order valence-corrected chi connectivity index (χ3v) is 2.28. The summed E-state index contributed by atoms with van der Waals surface area (Å²) in [5.74, 6) is -0.833. The molecule has 18 heavy (non-hydrogen) atoms. The molecule has 0 fully saturated rings. The van der Waals surface area contributed by atoms with Crippen LogP contribution < -0.4 is 0 Å². The number of carboxylic acid groups (broad SMARTS) is 1. The van der Waals surface area contributed by atoms with Crippen LogP contribution in [0.5, 0.6) is 0 Å². The molecule has 2 N–H and O–H groups in total. The number of carboxylic acids is 1. The monoisotopic (exact) mass is 250 g/mol. The van der Waals surface area contributed by atoms with Crippen LogP contribution in [0, 0.1) is 20.8 Å². The van der Waals surface area contributed by atoms with Crippen molar-refractivity contribution in [3.05, 3.63) is 40.5 Å². The number of carbonyl (C=O) groups is 1. The summed E-state index contributed by atoms with van der Waals surface area (Å²) < 4.78 is 0. The number of aliphatic carboxylic acids is 1. The highest BCUT2D eigenvalue weighted by atomic mass is 16.4. The fourth-order valence-corrected chi connectivity index (χ4v) is 1.69. The topological polar surface area (TPSA) is 57.5 Å². The maximum absolute atomic E-state index is 9.16. The third kappa shape index (κ3) is 6.86. The highest BCUT2D eigenvalue weighted by molar-refractivity contribution is 5.63. The Morgan fingerprint density at radius 3 is 1.94 bits per heavy atom. The zero-order valence-corrected chi connectivity index (χ0v) is 11.7. The van der Waals surface area contributed by atoms with Gasteiger partial charge in [0.25, 0.3) is 5.97 Å². The molecule has 1 rings (SSSR count). The highest BCUT2D eigenvalue weighted by Crippen LogP contribution is 2.17. The highest BCUT2D eigenvalue weighted by Gasteiger charge is 2.00. The third-order valence-electron chi connectivity index (χ3n) is 2.28. The number of aryl methyl sites for hydroxylation is 3. The van der Waals surface area contributed by atoms with E-state index in [9.17, 15) is 0 Å². The van der Waals surface area contributed by atoms with Crippen LogP contribution in [0.2, 0.25) is 0 Å². The summed E-state index contributed by atoms with van der Waals surface area (Å²) in [7, 11) is 0. The Morgan fingerprint density at radius 2 is 1.61 bits per heavy atom. The van der Waals surface area contributed by atoms with Gasteiger partial charge in [-0.3, -0.25) is 4.79 Å². The van der Waals surface area contributed by atoms with E-state index in [-0.39, 0.29) is 6.10 Å². The average molecular weight is 250 g/mol. The molecule has 1 atom stereocenters. The molecule has 0 saturated heterocycles. The minimum Gasteiger partial charge on any atom is -0.481 e. The second-order valence-corrected chi connectivity index (χ2v) is 4.43. The first-order valence-electron chi connectivity index (χ1n) is 5.87. The molecule has 0 amide bonds. The van der Waals surface area contributed by atoms with Gasteiger partial charge in [-0.1, -0.05) is 29.8 Å². The maximum atomic E-state index is 9.16. The molecule has 3 heteroatoms. The second kappa shape index (κ2) is 7.67. The van der Waals surface area contributed by atoms with Crippen molar-refractivity contribution in [2.75, 3.05) is 0 Å². The van der Waals surface area contributed by atoms with E-state index in [0.29, 0.717) is 0 Å².